The first-order valence-electron chi connectivity index (χ1n) is 7.18. The van der Waals surface area contributed by atoms with Crippen molar-refractivity contribution in [3.63, 3.8) is 0 Å². The molecule has 25 heavy (non-hydrogen) atoms. The van der Waals surface area contributed by atoms with Crippen molar-refractivity contribution in [2.45, 2.75) is 6.10 Å². The van der Waals surface area contributed by atoms with E-state index >= 15 is 0 Å². The van der Waals surface area contributed by atoms with Crippen LogP contribution in [0.2, 0.25) is 10.0 Å². The molecule has 1 unspecified atom stereocenters. The van der Waals surface area contributed by atoms with Crippen LogP contribution in [0, 0.1) is 0 Å². The van der Waals surface area contributed by atoms with E-state index in [0.717, 1.165) is 0 Å². The number of amidine groups is 1. The molecular formula is C16H13Cl2N3O4. The Hall–Kier alpha value is -2.64. The first kappa shape index (κ1) is 17.2. The predicted octanol–water partition coefficient (Wildman–Crippen LogP) is 3.65. The second kappa shape index (κ2) is 7.50. The van der Waals surface area contributed by atoms with E-state index < -0.39 is 12.2 Å². The summed E-state index contributed by atoms with van der Waals surface area (Å²) in [7, 11) is 0. The topological polar surface area (TPSA) is 95.2 Å². The maximum atomic E-state index is 11.8. The number of nitrogens with zero attached hydrogens (tertiary/aromatic N) is 1. The van der Waals surface area contributed by atoms with Crippen molar-refractivity contribution in [3.8, 4) is 11.5 Å². The minimum Gasteiger partial charge on any atom is -0.485 e. The second-order valence-corrected chi connectivity index (χ2v) is 5.85. The number of anilines is 1. The number of para-hydroxylation sites is 2. The summed E-state index contributed by atoms with van der Waals surface area (Å²) >= 11 is 11.7. The second-order valence-electron chi connectivity index (χ2n) is 5.01. The minimum absolute atomic E-state index is 0.0353. The van der Waals surface area contributed by atoms with Crippen molar-refractivity contribution >= 4 is 40.8 Å². The molecule has 1 heterocycles. The van der Waals surface area contributed by atoms with Gasteiger partial charge in [0.1, 0.15) is 6.61 Å². The molecule has 0 aromatic heterocycles. The summed E-state index contributed by atoms with van der Waals surface area (Å²) in [6, 6.07) is 11.7. The lowest BCUT2D eigenvalue weighted by atomic mass is 10.2. The van der Waals surface area contributed by atoms with Crippen LogP contribution in [0.4, 0.5) is 10.5 Å². The quantitative estimate of drug-likeness (QED) is 0.366. The zero-order chi connectivity index (χ0) is 17.8. The van der Waals surface area contributed by atoms with Gasteiger partial charge in [-0.3, -0.25) is 10.2 Å². The van der Waals surface area contributed by atoms with E-state index in [9.17, 15) is 4.79 Å². The number of ether oxygens (including phenoxy) is 2. The molecule has 0 radical (unpaired) electrons. The van der Waals surface area contributed by atoms with Gasteiger partial charge in [-0.2, -0.15) is 0 Å². The number of halogens is 2. The Morgan fingerprint density at radius 1 is 1.24 bits per heavy atom. The number of hydrogen-bond acceptors (Lipinski definition) is 5. The molecule has 2 aromatic rings. The summed E-state index contributed by atoms with van der Waals surface area (Å²) < 4.78 is 11.2. The highest BCUT2D eigenvalue weighted by Gasteiger charge is 2.24. The summed E-state index contributed by atoms with van der Waals surface area (Å²) in [5, 5.41) is 6.71. The highest BCUT2D eigenvalue weighted by Crippen LogP contribution is 2.31. The Morgan fingerprint density at radius 2 is 2.00 bits per heavy atom. The summed E-state index contributed by atoms with van der Waals surface area (Å²) in [6.45, 7) is 0.153. The summed E-state index contributed by atoms with van der Waals surface area (Å²) in [4.78, 5) is 16.5. The van der Waals surface area contributed by atoms with Crippen LogP contribution in [0.1, 0.15) is 0 Å². The van der Waals surface area contributed by atoms with Gasteiger partial charge in [0.2, 0.25) is 0 Å². The van der Waals surface area contributed by atoms with Gasteiger partial charge in [-0.25, -0.2) is 4.79 Å². The molecule has 0 saturated heterocycles. The van der Waals surface area contributed by atoms with E-state index in [4.69, 9.17) is 43.2 Å². The maximum Gasteiger partial charge on any atom is 0.437 e. The highest BCUT2D eigenvalue weighted by atomic mass is 35.5. The van der Waals surface area contributed by atoms with Crippen LogP contribution < -0.4 is 20.5 Å². The minimum atomic E-state index is -0.857. The SMILES string of the molecule is N/C(=N/OC(=O)Nc1ccc(Cl)cc1Cl)C1COc2ccccc2O1. The number of fused-ring (bicyclic) bond motifs is 1. The van der Waals surface area contributed by atoms with Gasteiger partial charge in [0.15, 0.2) is 23.4 Å². The third-order valence-corrected chi connectivity index (χ3v) is 3.79. The predicted molar refractivity (Wildman–Crippen MR) is 94.5 cm³/mol. The van der Waals surface area contributed by atoms with Crippen LogP contribution in [0.5, 0.6) is 11.5 Å². The van der Waals surface area contributed by atoms with E-state index in [2.05, 4.69) is 10.5 Å². The molecule has 3 N–H and O–H groups in total. The number of benzene rings is 2. The molecule has 7 nitrogen and oxygen atoms in total. The lowest BCUT2D eigenvalue weighted by Gasteiger charge is -2.25. The average Bonchev–Trinajstić information content (AvgIpc) is 2.61. The molecule has 2 aromatic carbocycles. The summed E-state index contributed by atoms with van der Waals surface area (Å²) in [6.07, 6.45) is -1.52. The van der Waals surface area contributed by atoms with Crippen LogP contribution in [-0.2, 0) is 4.84 Å². The number of hydrogen-bond donors (Lipinski definition) is 2. The standard InChI is InChI=1S/C16H13Cl2N3O4/c17-9-5-6-11(10(18)7-9)20-16(22)25-21-15(19)14-8-23-12-3-1-2-4-13(12)24-14/h1-7,14H,8H2,(H2,19,21)(H,20,22). The van der Waals surface area contributed by atoms with Gasteiger partial charge < -0.3 is 15.2 Å². The monoisotopic (exact) mass is 381 g/mol. The Balaban J connectivity index is 1.59. The molecular weight excluding hydrogens is 369 g/mol. The van der Waals surface area contributed by atoms with Crippen LogP contribution in [0.25, 0.3) is 0 Å². The number of rotatable bonds is 3. The van der Waals surface area contributed by atoms with Crippen molar-refractivity contribution in [3.05, 3.63) is 52.5 Å². The maximum absolute atomic E-state index is 11.8. The normalized spacial score (nSPS) is 16.2. The molecule has 1 atom stereocenters. The highest BCUT2D eigenvalue weighted by molar-refractivity contribution is 6.36. The van der Waals surface area contributed by atoms with Crippen LogP contribution in [0.15, 0.2) is 47.6 Å². The van der Waals surface area contributed by atoms with Crippen molar-refractivity contribution < 1.29 is 19.1 Å². The van der Waals surface area contributed by atoms with Crippen LogP contribution >= 0.6 is 23.2 Å². The zero-order valence-electron chi connectivity index (χ0n) is 12.7. The number of carbonyl (C=O) groups is 1. The smallest absolute Gasteiger partial charge is 0.437 e. The number of carbonyl (C=O) groups excluding carboxylic acids is 1. The third kappa shape index (κ3) is 4.26. The Kier molecular flexibility index (Phi) is 5.16. The summed E-state index contributed by atoms with van der Waals surface area (Å²) in [5.41, 5.74) is 6.12. The van der Waals surface area contributed by atoms with Gasteiger partial charge in [-0.05, 0) is 30.3 Å². The fraction of sp³-hybridized carbons (Fsp3) is 0.125. The molecule has 1 aliphatic rings. The molecule has 0 saturated carbocycles. The summed E-state index contributed by atoms with van der Waals surface area (Å²) in [5.74, 6) is 1.11. The average molecular weight is 382 g/mol. The lowest BCUT2D eigenvalue weighted by molar-refractivity contribution is 0.127. The molecule has 3 rings (SSSR count). The van der Waals surface area contributed by atoms with Crippen molar-refractivity contribution in [2.75, 3.05) is 11.9 Å². The van der Waals surface area contributed by atoms with E-state index in [1.165, 1.54) is 12.1 Å². The van der Waals surface area contributed by atoms with Crippen molar-refractivity contribution in [1.29, 1.82) is 0 Å². The Bertz CT molecular complexity index is 829. The Morgan fingerprint density at radius 3 is 2.76 bits per heavy atom. The molecule has 1 aliphatic heterocycles. The Labute approximate surface area is 153 Å². The molecule has 0 aliphatic carbocycles. The largest absolute Gasteiger partial charge is 0.485 e. The van der Waals surface area contributed by atoms with Crippen LogP contribution in [-0.4, -0.2) is 24.6 Å². The zero-order valence-corrected chi connectivity index (χ0v) is 14.3. The van der Waals surface area contributed by atoms with Gasteiger partial charge in [0.25, 0.3) is 0 Å². The van der Waals surface area contributed by atoms with E-state index in [0.29, 0.717) is 22.2 Å². The number of oxime groups is 1. The number of nitrogens with two attached hydrogens (primary N) is 1. The van der Waals surface area contributed by atoms with Gasteiger partial charge in [-0.1, -0.05) is 40.5 Å². The van der Waals surface area contributed by atoms with Crippen molar-refractivity contribution in [2.24, 2.45) is 10.9 Å². The van der Waals surface area contributed by atoms with E-state index in [1.54, 1.807) is 24.3 Å². The lowest BCUT2D eigenvalue weighted by Crippen LogP contribution is -2.41. The molecule has 1 amide bonds. The van der Waals surface area contributed by atoms with Crippen molar-refractivity contribution in [1.82, 2.24) is 0 Å². The molecule has 0 bridgehead atoms. The molecule has 0 fully saturated rings. The first-order chi connectivity index (χ1) is 12.0. The van der Waals surface area contributed by atoms with E-state index in [1.807, 2.05) is 6.07 Å². The van der Waals surface area contributed by atoms with Gasteiger partial charge in [-0.15, -0.1) is 0 Å². The fourth-order valence-corrected chi connectivity index (χ4v) is 2.50. The van der Waals surface area contributed by atoms with E-state index in [-0.39, 0.29) is 17.5 Å². The van der Waals surface area contributed by atoms with Gasteiger partial charge >= 0.3 is 6.09 Å². The fourth-order valence-electron chi connectivity index (χ4n) is 2.04. The molecule has 9 heteroatoms. The number of amides is 1. The molecule has 0 spiro atoms. The third-order valence-electron chi connectivity index (χ3n) is 3.24. The molecule has 130 valence electrons. The van der Waals surface area contributed by atoms with Gasteiger partial charge in [0, 0.05) is 5.02 Å². The van der Waals surface area contributed by atoms with Gasteiger partial charge in [0.05, 0.1) is 10.7 Å². The number of nitrogens with one attached hydrogen (secondary N) is 1. The first-order valence-corrected chi connectivity index (χ1v) is 7.93. The van der Waals surface area contributed by atoms with Crippen LogP contribution in [0.3, 0.4) is 0 Å².